The highest BCUT2D eigenvalue weighted by Crippen LogP contribution is 2.13. The van der Waals surface area contributed by atoms with Crippen LogP contribution in [0.15, 0.2) is 0 Å². The van der Waals surface area contributed by atoms with Crippen LogP contribution in [0.2, 0.25) is 0 Å². The van der Waals surface area contributed by atoms with Gasteiger partial charge in [-0.25, -0.2) is 0 Å². The standard InChI is InChI=1S/C36H70BN9O11/c1-6-7-8-9-10-11-12-13-14-15-16-17-27(49)43-26(21-47)33(52)44-30(38)36(55)41-20-28(50)46(5)29(24(4)48)34(53)45-31(39)35(54)40-19-25(18-23(2)3)32(51)42-22-37(56)57/h23-26,29-31,47-48,56-57H,6-22,38-39H2,1-5H3,(H,40,54)(H,41,55)(H,42,51)(H,43,49)(H,44,52)(H,45,53)/t24?,25-,26-,29+,30+,31-/m1/s1. The van der Waals surface area contributed by atoms with Crippen LogP contribution < -0.4 is 43.4 Å². The molecule has 0 aromatic carbocycles. The van der Waals surface area contributed by atoms with Gasteiger partial charge in [-0.2, -0.15) is 0 Å². The first kappa shape index (κ1) is 53.1. The maximum atomic E-state index is 13.0. The van der Waals surface area contributed by atoms with E-state index in [2.05, 4.69) is 38.8 Å². The molecule has 0 fully saturated rings. The number of nitrogens with zero attached hydrogens (tertiary/aromatic N) is 1. The normalized spacial score (nSPS) is 14.2. The summed E-state index contributed by atoms with van der Waals surface area (Å²) in [4.78, 5) is 89.5. The van der Waals surface area contributed by atoms with Crippen molar-refractivity contribution < 1.29 is 53.8 Å². The third-order valence-electron chi connectivity index (χ3n) is 9.06. The van der Waals surface area contributed by atoms with Crippen LogP contribution in [0, 0.1) is 11.8 Å². The minimum absolute atomic E-state index is 0.0377. The fraction of sp³-hybridized carbons (Fsp3) is 0.806. The number of amides is 7. The number of nitrogens with two attached hydrogens (primary N) is 2. The van der Waals surface area contributed by atoms with Gasteiger partial charge in [0.05, 0.1) is 31.6 Å². The summed E-state index contributed by atoms with van der Waals surface area (Å²) in [5.41, 5.74) is 11.6. The molecule has 0 rings (SSSR count). The lowest BCUT2D eigenvalue weighted by Gasteiger charge is -2.30. The lowest BCUT2D eigenvalue weighted by molar-refractivity contribution is -0.144. The van der Waals surface area contributed by atoms with Gasteiger partial charge in [0.15, 0.2) is 12.3 Å². The number of carbonyl (C=O) groups excluding carboxylic acids is 7. The molecule has 6 atom stereocenters. The van der Waals surface area contributed by atoms with Gasteiger partial charge < -0.3 is 68.5 Å². The highest BCUT2D eigenvalue weighted by molar-refractivity contribution is 6.41. The van der Waals surface area contributed by atoms with E-state index in [1.807, 2.05) is 13.8 Å². The van der Waals surface area contributed by atoms with Crippen molar-refractivity contribution in [2.45, 2.75) is 142 Å². The van der Waals surface area contributed by atoms with Crippen LogP contribution in [0.1, 0.15) is 111 Å². The third-order valence-corrected chi connectivity index (χ3v) is 9.06. The molecule has 0 aliphatic carbocycles. The number of carbonyl (C=O) groups is 7. The third kappa shape index (κ3) is 23.8. The molecule has 0 aliphatic heterocycles. The smallest absolute Gasteiger partial charge is 0.426 e. The predicted octanol–water partition coefficient (Wildman–Crippen LogP) is -2.80. The van der Waals surface area contributed by atoms with Gasteiger partial charge in [-0.05, 0) is 25.7 Å². The average Bonchev–Trinajstić information content (AvgIpc) is 3.14. The zero-order valence-corrected chi connectivity index (χ0v) is 34.4. The number of likely N-dealkylation sites (N-methyl/N-ethyl adjacent to an activating group) is 1. The molecule has 14 N–H and O–H groups in total. The maximum Gasteiger partial charge on any atom is 0.472 e. The molecule has 7 amide bonds. The SMILES string of the molecule is CCCCCCCCCCCCCC(=O)N[C@H](CO)C(=O)N[C@H](N)C(=O)NCC(=O)N(C)[C@H](C(=O)N[C@@H](N)C(=O)NC[C@@H](CC(C)C)C(=O)NCB(O)O)C(C)O. The number of aliphatic hydroxyl groups is 2. The molecule has 0 radical (unpaired) electrons. The highest BCUT2D eigenvalue weighted by Gasteiger charge is 2.34. The largest absolute Gasteiger partial charge is 0.472 e. The Morgan fingerprint density at radius 2 is 1.19 bits per heavy atom. The first-order chi connectivity index (χ1) is 26.9. The molecular weight excluding hydrogens is 745 g/mol. The number of aliphatic hydroxyl groups excluding tert-OH is 2. The van der Waals surface area contributed by atoms with Crippen molar-refractivity contribution in [3.63, 3.8) is 0 Å². The Hall–Kier alpha value is -3.89. The molecule has 0 heterocycles. The Labute approximate surface area is 336 Å². The Bertz CT molecular complexity index is 1250. The lowest BCUT2D eigenvalue weighted by Crippen LogP contribution is -2.61. The Morgan fingerprint density at radius 1 is 0.684 bits per heavy atom. The Morgan fingerprint density at radius 3 is 1.68 bits per heavy atom. The van der Waals surface area contributed by atoms with Crippen LogP contribution in [-0.4, -0.2) is 137 Å². The molecule has 0 spiro atoms. The minimum atomic E-state index is -1.76. The summed E-state index contributed by atoms with van der Waals surface area (Å²) in [5, 5.41) is 51.8. The molecule has 0 bridgehead atoms. The number of hydrogen-bond donors (Lipinski definition) is 12. The minimum Gasteiger partial charge on any atom is -0.426 e. The predicted molar refractivity (Wildman–Crippen MR) is 213 cm³/mol. The summed E-state index contributed by atoms with van der Waals surface area (Å²) in [5.74, 6) is -6.43. The van der Waals surface area contributed by atoms with Crippen molar-refractivity contribution in [3.05, 3.63) is 0 Å². The highest BCUT2D eigenvalue weighted by atomic mass is 16.4. The quantitative estimate of drug-likeness (QED) is 0.0191. The summed E-state index contributed by atoms with van der Waals surface area (Å²) in [6.45, 7) is 5.41. The number of nitrogens with one attached hydrogen (secondary N) is 6. The van der Waals surface area contributed by atoms with E-state index in [0.29, 0.717) is 12.8 Å². The van der Waals surface area contributed by atoms with Crippen molar-refractivity contribution in [2.75, 3.05) is 33.2 Å². The summed E-state index contributed by atoms with van der Waals surface area (Å²) >= 11 is 0. The molecule has 20 nitrogen and oxygen atoms in total. The summed E-state index contributed by atoms with van der Waals surface area (Å²) in [6.07, 6.45) is 7.49. The van der Waals surface area contributed by atoms with E-state index < -0.39 is 105 Å². The van der Waals surface area contributed by atoms with Crippen LogP contribution in [0.5, 0.6) is 0 Å². The fourth-order valence-corrected chi connectivity index (χ4v) is 5.83. The van der Waals surface area contributed by atoms with Crippen LogP contribution >= 0.6 is 0 Å². The molecule has 0 saturated carbocycles. The van der Waals surface area contributed by atoms with E-state index in [9.17, 15) is 43.8 Å². The Balaban J connectivity index is 4.89. The second-order valence-corrected chi connectivity index (χ2v) is 14.8. The zero-order valence-electron chi connectivity index (χ0n) is 34.4. The van der Waals surface area contributed by atoms with E-state index in [-0.39, 0.29) is 18.9 Å². The fourth-order valence-electron chi connectivity index (χ4n) is 5.83. The van der Waals surface area contributed by atoms with Gasteiger partial charge in [-0.1, -0.05) is 85.0 Å². The Kier molecular flexibility index (Phi) is 28.2. The average molecular weight is 816 g/mol. The van der Waals surface area contributed by atoms with Crippen molar-refractivity contribution in [3.8, 4) is 0 Å². The molecular formula is C36H70BN9O11. The van der Waals surface area contributed by atoms with E-state index in [0.717, 1.165) is 37.6 Å². The molecule has 57 heavy (non-hydrogen) atoms. The number of unbranched alkanes of at least 4 members (excludes halogenated alkanes) is 10. The second-order valence-electron chi connectivity index (χ2n) is 14.8. The van der Waals surface area contributed by atoms with E-state index in [1.54, 1.807) is 0 Å². The first-order valence-corrected chi connectivity index (χ1v) is 20.0. The molecule has 21 heteroatoms. The van der Waals surface area contributed by atoms with E-state index in [4.69, 9.17) is 21.5 Å². The van der Waals surface area contributed by atoms with E-state index >= 15 is 0 Å². The van der Waals surface area contributed by atoms with E-state index in [1.165, 1.54) is 45.4 Å². The maximum absolute atomic E-state index is 13.0. The molecule has 0 aromatic heterocycles. The summed E-state index contributed by atoms with van der Waals surface area (Å²) in [7, 11) is -0.608. The first-order valence-electron chi connectivity index (χ1n) is 20.0. The van der Waals surface area contributed by atoms with Gasteiger partial charge in [-0.15, -0.1) is 0 Å². The van der Waals surface area contributed by atoms with Crippen LogP contribution in [0.25, 0.3) is 0 Å². The zero-order chi connectivity index (χ0) is 43.5. The van der Waals surface area contributed by atoms with Crippen molar-refractivity contribution >= 4 is 48.5 Å². The van der Waals surface area contributed by atoms with Gasteiger partial charge in [0.25, 0.3) is 11.8 Å². The number of hydrogen-bond acceptors (Lipinski definition) is 13. The molecule has 0 saturated heterocycles. The monoisotopic (exact) mass is 816 g/mol. The summed E-state index contributed by atoms with van der Waals surface area (Å²) in [6, 6.07) is -2.95. The van der Waals surface area contributed by atoms with Gasteiger partial charge >= 0.3 is 7.12 Å². The van der Waals surface area contributed by atoms with Gasteiger partial charge in [0.1, 0.15) is 12.1 Å². The molecule has 328 valence electrons. The van der Waals surface area contributed by atoms with Gasteiger partial charge in [-0.3, -0.25) is 33.6 Å². The molecule has 1 unspecified atom stereocenters. The van der Waals surface area contributed by atoms with Crippen molar-refractivity contribution in [1.82, 2.24) is 36.8 Å². The van der Waals surface area contributed by atoms with Crippen molar-refractivity contribution in [1.29, 1.82) is 0 Å². The molecule has 0 aliphatic rings. The van der Waals surface area contributed by atoms with Crippen LogP contribution in [0.4, 0.5) is 0 Å². The van der Waals surface area contributed by atoms with Crippen LogP contribution in [0.3, 0.4) is 0 Å². The van der Waals surface area contributed by atoms with Gasteiger partial charge in [0, 0.05) is 20.0 Å². The van der Waals surface area contributed by atoms with Crippen molar-refractivity contribution in [2.24, 2.45) is 23.3 Å². The second kappa shape index (κ2) is 30.2. The van der Waals surface area contributed by atoms with Gasteiger partial charge in [0.2, 0.25) is 29.5 Å². The molecule has 0 aromatic rings. The topological polar surface area (TPSA) is 328 Å². The number of rotatable bonds is 31. The van der Waals surface area contributed by atoms with Crippen LogP contribution in [-0.2, 0) is 33.6 Å². The lowest BCUT2D eigenvalue weighted by atomic mass is 9.91. The summed E-state index contributed by atoms with van der Waals surface area (Å²) < 4.78 is 0.